The van der Waals surface area contributed by atoms with Crippen LogP contribution in [-0.2, 0) is 16.4 Å². The zero-order chi connectivity index (χ0) is 15.5. The highest BCUT2D eigenvalue weighted by Gasteiger charge is 2.17. The van der Waals surface area contributed by atoms with Crippen molar-refractivity contribution in [3.8, 4) is 0 Å². The number of thiophene rings is 1. The van der Waals surface area contributed by atoms with Crippen LogP contribution in [0.5, 0.6) is 0 Å². The minimum atomic E-state index is -3.59. The Labute approximate surface area is 128 Å². The fraction of sp³-hybridized carbons (Fsp3) is 0.385. The summed E-state index contributed by atoms with van der Waals surface area (Å²) in [4.78, 5) is 1.03. The van der Waals surface area contributed by atoms with E-state index < -0.39 is 10.0 Å². The van der Waals surface area contributed by atoms with E-state index in [9.17, 15) is 8.42 Å². The lowest BCUT2D eigenvalue weighted by Gasteiger charge is -2.09. The van der Waals surface area contributed by atoms with Crippen LogP contribution in [0.3, 0.4) is 0 Å². The van der Waals surface area contributed by atoms with Crippen molar-refractivity contribution in [2.24, 2.45) is 0 Å². The Morgan fingerprint density at radius 2 is 1.81 bits per heavy atom. The summed E-state index contributed by atoms with van der Waals surface area (Å²) in [5.41, 5.74) is 0. The lowest BCUT2D eigenvalue weighted by Crippen LogP contribution is -2.15. The average Bonchev–Trinajstić information content (AvgIpc) is 2.90. The van der Waals surface area contributed by atoms with E-state index in [0.717, 1.165) is 11.3 Å². The van der Waals surface area contributed by atoms with E-state index >= 15 is 0 Å². The van der Waals surface area contributed by atoms with E-state index in [4.69, 9.17) is 0 Å². The Balaban J connectivity index is 2.13. The van der Waals surface area contributed by atoms with E-state index in [-0.39, 0.29) is 16.1 Å². The maximum Gasteiger partial charge on any atom is 0.272 e. The van der Waals surface area contributed by atoms with Crippen LogP contribution >= 0.6 is 11.3 Å². The first kappa shape index (κ1) is 15.7. The van der Waals surface area contributed by atoms with E-state index in [1.807, 2.05) is 26.8 Å². The van der Waals surface area contributed by atoms with Crippen molar-refractivity contribution >= 4 is 33.0 Å². The summed E-state index contributed by atoms with van der Waals surface area (Å²) in [6, 6.07) is 6.94. The van der Waals surface area contributed by atoms with Crippen molar-refractivity contribution in [3.05, 3.63) is 29.1 Å². The lowest BCUT2D eigenvalue weighted by molar-refractivity contribution is 0.603. The first-order valence-electron chi connectivity index (χ1n) is 6.62. The summed E-state index contributed by atoms with van der Waals surface area (Å²) in [5.74, 6) is 0.813. The first-order chi connectivity index (χ1) is 9.90. The van der Waals surface area contributed by atoms with Crippen LogP contribution in [-0.4, -0.2) is 24.7 Å². The molecule has 2 aromatic rings. The largest absolute Gasteiger partial charge is 0.366 e. The molecule has 114 valence electrons. The van der Waals surface area contributed by atoms with E-state index in [1.54, 1.807) is 18.2 Å². The number of rotatable bonds is 6. The number of aromatic nitrogens is 2. The average molecular weight is 326 g/mol. The van der Waals surface area contributed by atoms with Crippen LogP contribution in [0.1, 0.15) is 25.6 Å². The molecule has 0 atom stereocenters. The zero-order valence-corrected chi connectivity index (χ0v) is 13.8. The monoisotopic (exact) mass is 326 g/mol. The molecule has 0 unspecified atom stereocenters. The molecule has 0 saturated carbocycles. The normalized spacial score (nSPS) is 11.6. The van der Waals surface area contributed by atoms with Gasteiger partial charge in [-0.25, -0.2) is 8.42 Å². The van der Waals surface area contributed by atoms with Gasteiger partial charge in [0.05, 0.1) is 0 Å². The van der Waals surface area contributed by atoms with Crippen molar-refractivity contribution < 1.29 is 8.42 Å². The molecule has 0 spiro atoms. The Morgan fingerprint density at radius 1 is 1.14 bits per heavy atom. The quantitative estimate of drug-likeness (QED) is 0.852. The fourth-order valence-corrected chi connectivity index (χ4v) is 3.93. The second-order valence-electron chi connectivity index (χ2n) is 4.78. The Morgan fingerprint density at radius 3 is 2.33 bits per heavy atom. The van der Waals surface area contributed by atoms with Crippen molar-refractivity contribution in [1.82, 2.24) is 10.2 Å². The summed E-state index contributed by atoms with van der Waals surface area (Å²) in [5, 5.41) is 10.9. The number of hydrogen-bond donors (Lipinski definition) is 2. The van der Waals surface area contributed by atoms with Gasteiger partial charge in [-0.15, -0.1) is 21.5 Å². The van der Waals surface area contributed by atoms with Gasteiger partial charge in [0.2, 0.25) is 0 Å². The minimum absolute atomic E-state index is 0.204. The number of hydrogen-bond acceptors (Lipinski definition) is 6. The van der Waals surface area contributed by atoms with Gasteiger partial charge in [-0.05, 0) is 44.5 Å². The van der Waals surface area contributed by atoms with Gasteiger partial charge in [0.1, 0.15) is 10.0 Å². The predicted octanol–water partition coefficient (Wildman–Crippen LogP) is 2.72. The van der Waals surface area contributed by atoms with Crippen LogP contribution < -0.4 is 10.0 Å². The minimum Gasteiger partial charge on any atom is -0.366 e. The van der Waals surface area contributed by atoms with E-state index in [1.165, 1.54) is 11.3 Å². The molecule has 0 saturated heterocycles. The van der Waals surface area contributed by atoms with Gasteiger partial charge in [0.25, 0.3) is 10.0 Å². The summed E-state index contributed by atoms with van der Waals surface area (Å²) >= 11 is 1.26. The van der Waals surface area contributed by atoms with E-state index in [2.05, 4.69) is 20.2 Å². The molecule has 0 bridgehead atoms. The van der Waals surface area contributed by atoms with Gasteiger partial charge in [-0.2, -0.15) is 0 Å². The van der Waals surface area contributed by atoms with Crippen molar-refractivity contribution in [2.45, 2.75) is 37.4 Å². The molecule has 0 aliphatic carbocycles. The third-order valence-corrected chi connectivity index (χ3v) is 5.67. The van der Waals surface area contributed by atoms with Crippen molar-refractivity contribution in [2.75, 3.05) is 10.0 Å². The molecule has 21 heavy (non-hydrogen) atoms. The fourth-order valence-electron chi connectivity index (χ4n) is 1.64. The number of aryl methyl sites for hydroxylation is 1. The SMILES string of the molecule is CCc1ccc(S(=O)(=O)Nc2ccc(NC(C)C)nn2)s1. The maximum absolute atomic E-state index is 12.2. The lowest BCUT2D eigenvalue weighted by atomic mass is 10.4. The molecule has 2 rings (SSSR count). The standard InChI is InChI=1S/C13H18N4O2S2/c1-4-10-5-8-13(20-10)21(18,19)17-12-7-6-11(15-16-12)14-9(2)3/h5-9H,4H2,1-3H3,(H,14,15)(H,16,17). The highest BCUT2D eigenvalue weighted by Crippen LogP contribution is 2.23. The molecular weight excluding hydrogens is 308 g/mol. The van der Waals surface area contributed by atoms with Crippen LogP contribution in [0.25, 0.3) is 0 Å². The predicted molar refractivity (Wildman–Crippen MR) is 85.3 cm³/mol. The van der Waals surface area contributed by atoms with Gasteiger partial charge < -0.3 is 5.32 Å². The Bertz CT molecular complexity index is 693. The summed E-state index contributed by atoms with van der Waals surface area (Å²) in [6.45, 7) is 5.96. The molecule has 0 radical (unpaired) electrons. The van der Waals surface area contributed by atoms with Crippen LogP contribution in [0.4, 0.5) is 11.6 Å². The summed E-state index contributed by atoms with van der Waals surface area (Å²) < 4.78 is 27.1. The highest BCUT2D eigenvalue weighted by atomic mass is 32.2. The molecule has 0 aromatic carbocycles. The molecule has 0 fully saturated rings. The highest BCUT2D eigenvalue weighted by molar-refractivity contribution is 7.94. The second-order valence-corrected chi connectivity index (χ2v) is 7.86. The van der Waals surface area contributed by atoms with Gasteiger partial charge in [-0.3, -0.25) is 4.72 Å². The van der Waals surface area contributed by atoms with Crippen LogP contribution in [0, 0.1) is 0 Å². The molecule has 8 heteroatoms. The Kier molecular flexibility index (Phi) is 4.79. The van der Waals surface area contributed by atoms with Gasteiger partial charge in [0, 0.05) is 10.9 Å². The molecular formula is C13H18N4O2S2. The van der Waals surface area contributed by atoms with Gasteiger partial charge >= 0.3 is 0 Å². The molecule has 0 aliphatic heterocycles. The maximum atomic E-state index is 12.2. The molecule has 2 heterocycles. The zero-order valence-electron chi connectivity index (χ0n) is 12.1. The molecule has 6 nitrogen and oxygen atoms in total. The first-order valence-corrected chi connectivity index (χ1v) is 8.92. The van der Waals surface area contributed by atoms with Crippen LogP contribution in [0.2, 0.25) is 0 Å². The smallest absolute Gasteiger partial charge is 0.272 e. The molecule has 2 aromatic heterocycles. The third kappa shape index (κ3) is 4.15. The molecule has 2 N–H and O–H groups in total. The summed E-state index contributed by atoms with van der Waals surface area (Å²) in [7, 11) is -3.59. The summed E-state index contributed by atoms with van der Waals surface area (Å²) in [6.07, 6.45) is 0.815. The van der Waals surface area contributed by atoms with Crippen molar-refractivity contribution in [1.29, 1.82) is 0 Å². The molecule has 0 amide bonds. The van der Waals surface area contributed by atoms with E-state index in [0.29, 0.717) is 5.82 Å². The van der Waals surface area contributed by atoms with Gasteiger partial charge in [0.15, 0.2) is 5.82 Å². The number of anilines is 2. The second kappa shape index (κ2) is 6.40. The topological polar surface area (TPSA) is 84.0 Å². The number of sulfonamides is 1. The third-order valence-electron chi connectivity index (χ3n) is 2.59. The van der Waals surface area contributed by atoms with Crippen LogP contribution in [0.15, 0.2) is 28.5 Å². The number of nitrogens with one attached hydrogen (secondary N) is 2. The van der Waals surface area contributed by atoms with Gasteiger partial charge in [-0.1, -0.05) is 6.92 Å². The number of nitrogens with zero attached hydrogens (tertiary/aromatic N) is 2. The molecule has 0 aliphatic rings. The van der Waals surface area contributed by atoms with Crippen molar-refractivity contribution in [3.63, 3.8) is 0 Å². The Hall–Kier alpha value is -1.67.